The van der Waals surface area contributed by atoms with Gasteiger partial charge in [0, 0.05) is 17.5 Å². The van der Waals surface area contributed by atoms with E-state index in [9.17, 15) is 19.3 Å². The number of benzene rings is 2. The van der Waals surface area contributed by atoms with Crippen LogP contribution in [0.4, 0.5) is 15.8 Å². The predicted octanol–water partition coefficient (Wildman–Crippen LogP) is 3.73. The molecule has 0 fully saturated rings. The molecule has 6 nitrogen and oxygen atoms in total. The number of hydrogen-bond donors (Lipinski definition) is 1. The van der Waals surface area contributed by atoms with E-state index in [1.54, 1.807) is 6.07 Å². The number of nitro groups is 1. The zero-order valence-corrected chi connectivity index (χ0v) is 11.1. The normalized spacial score (nSPS) is 10.6. The molecule has 0 aliphatic carbocycles. The molecule has 3 aromatic rings. The van der Waals surface area contributed by atoms with Gasteiger partial charge in [-0.1, -0.05) is 12.1 Å². The molecular formula is C15H9FN2O4. The number of anilines is 1. The minimum Gasteiger partial charge on any atom is -0.463 e. The number of nitro benzene ring substituents is 1. The van der Waals surface area contributed by atoms with Crippen molar-refractivity contribution in [3.05, 3.63) is 70.2 Å². The Balaban J connectivity index is 1.99. The second kappa shape index (κ2) is 5.28. The van der Waals surface area contributed by atoms with Crippen molar-refractivity contribution in [2.24, 2.45) is 0 Å². The molecule has 3 rings (SSSR count). The molecule has 1 heterocycles. The van der Waals surface area contributed by atoms with E-state index in [2.05, 4.69) is 5.32 Å². The van der Waals surface area contributed by atoms with Crippen LogP contribution in [0, 0.1) is 15.9 Å². The Bertz CT molecular complexity index is 888. The number of furan rings is 1. The van der Waals surface area contributed by atoms with Gasteiger partial charge in [-0.25, -0.2) is 4.39 Å². The molecule has 2 aromatic carbocycles. The van der Waals surface area contributed by atoms with Crippen LogP contribution in [0.2, 0.25) is 0 Å². The van der Waals surface area contributed by atoms with Gasteiger partial charge in [0.2, 0.25) is 0 Å². The number of hydrogen-bond acceptors (Lipinski definition) is 4. The molecule has 0 spiro atoms. The van der Waals surface area contributed by atoms with E-state index in [4.69, 9.17) is 4.42 Å². The van der Waals surface area contributed by atoms with Crippen molar-refractivity contribution in [1.82, 2.24) is 0 Å². The lowest BCUT2D eigenvalue weighted by molar-refractivity contribution is -0.384. The Morgan fingerprint density at radius 1 is 1.23 bits per heavy atom. The second-order valence-electron chi connectivity index (χ2n) is 4.52. The van der Waals surface area contributed by atoms with Gasteiger partial charge >= 0.3 is 0 Å². The molecule has 1 aromatic heterocycles. The third kappa shape index (κ3) is 2.39. The summed E-state index contributed by atoms with van der Waals surface area (Å²) in [6.07, 6.45) is 1.19. The van der Waals surface area contributed by atoms with Gasteiger partial charge in [0.05, 0.1) is 16.2 Å². The number of carbonyl (C=O) groups is 1. The number of rotatable bonds is 3. The molecule has 7 heteroatoms. The largest absolute Gasteiger partial charge is 0.463 e. The van der Waals surface area contributed by atoms with E-state index in [0.717, 1.165) is 0 Å². The fourth-order valence-corrected chi connectivity index (χ4v) is 2.06. The second-order valence-corrected chi connectivity index (χ2v) is 4.52. The molecular weight excluding hydrogens is 291 g/mol. The van der Waals surface area contributed by atoms with E-state index in [0.29, 0.717) is 11.0 Å². The summed E-state index contributed by atoms with van der Waals surface area (Å²) < 4.78 is 18.7. The van der Waals surface area contributed by atoms with Crippen molar-refractivity contribution in [1.29, 1.82) is 0 Å². The first-order valence-electron chi connectivity index (χ1n) is 6.28. The average molecular weight is 300 g/mol. The highest BCUT2D eigenvalue weighted by atomic mass is 19.1. The molecule has 0 atom stereocenters. The Morgan fingerprint density at radius 2 is 2.00 bits per heavy atom. The lowest BCUT2D eigenvalue weighted by atomic mass is 10.1. The number of nitrogens with one attached hydrogen (secondary N) is 1. The zero-order valence-electron chi connectivity index (χ0n) is 11.1. The van der Waals surface area contributed by atoms with Gasteiger partial charge in [-0.3, -0.25) is 14.9 Å². The van der Waals surface area contributed by atoms with Gasteiger partial charge in [0.25, 0.3) is 11.6 Å². The van der Waals surface area contributed by atoms with E-state index in [1.807, 2.05) is 0 Å². The molecule has 0 bridgehead atoms. The summed E-state index contributed by atoms with van der Waals surface area (Å²) in [4.78, 5) is 22.5. The highest BCUT2D eigenvalue weighted by molar-refractivity contribution is 6.12. The smallest absolute Gasteiger partial charge is 0.270 e. The summed E-state index contributed by atoms with van der Waals surface area (Å²) >= 11 is 0. The molecule has 1 amide bonds. The van der Waals surface area contributed by atoms with Crippen molar-refractivity contribution in [2.75, 3.05) is 5.32 Å². The zero-order chi connectivity index (χ0) is 15.7. The molecule has 0 unspecified atom stereocenters. The van der Waals surface area contributed by atoms with Gasteiger partial charge in [0.1, 0.15) is 17.7 Å². The van der Waals surface area contributed by atoms with Crippen molar-refractivity contribution < 1.29 is 18.5 Å². The number of nitrogens with zero attached hydrogens (tertiary/aromatic N) is 1. The van der Waals surface area contributed by atoms with Gasteiger partial charge < -0.3 is 9.73 Å². The van der Waals surface area contributed by atoms with Crippen LogP contribution in [0.25, 0.3) is 11.0 Å². The summed E-state index contributed by atoms with van der Waals surface area (Å²) in [6, 6.07) is 9.65. The number of carbonyl (C=O) groups excluding carboxylic acids is 1. The fourth-order valence-electron chi connectivity index (χ4n) is 2.06. The van der Waals surface area contributed by atoms with Crippen LogP contribution in [0.1, 0.15) is 10.4 Å². The number of halogens is 1. The number of amides is 1. The Labute approximate surface area is 123 Å². The van der Waals surface area contributed by atoms with Crippen molar-refractivity contribution in [3.63, 3.8) is 0 Å². The molecule has 0 saturated carbocycles. The summed E-state index contributed by atoms with van der Waals surface area (Å²) in [6.45, 7) is 0. The highest BCUT2D eigenvalue weighted by Crippen LogP contribution is 2.26. The van der Waals surface area contributed by atoms with Crippen LogP contribution in [0.5, 0.6) is 0 Å². The van der Waals surface area contributed by atoms with Crippen LogP contribution in [-0.2, 0) is 0 Å². The van der Waals surface area contributed by atoms with Crippen LogP contribution >= 0.6 is 0 Å². The van der Waals surface area contributed by atoms with Gasteiger partial charge in [0.15, 0.2) is 0 Å². The summed E-state index contributed by atoms with van der Waals surface area (Å²) in [5, 5.41) is 13.5. The SMILES string of the molecule is O=C(Nc1ccccc1F)c1coc2ccc([N+](=O)[O-])cc12. The summed E-state index contributed by atoms with van der Waals surface area (Å²) in [5.41, 5.74) is 0.298. The molecule has 0 aliphatic heterocycles. The maximum Gasteiger partial charge on any atom is 0.270 e. The molecule has 22 heavy (non-hydrogen) atoms. The lowest BCUT2D eigenvalue weighted by Gasteiger charge is -2.04. The van der Waals surface area contributed by atoms with Gasteiger partial charge in [-0.2, -0.15) is 0 Å². The number of non-ortho nitro benzene ring substituents is 1. The molecule has 0 aliphatic rings. The molecule has 0 saturated heterocycles. The topological polar surface area (TPSA) is 85.4 Å². The predicted molar refractivity (Wildman–Crippen MR) is 77.2 cm³/mol. The van der Waals surface area contributed by atoms with E-state index >= 15 is 0 Å². The minimum absolute atomic E-state index is 0.0206. The maximum atomic E-state index is 13.5. The first-order chi connectivity index (χ1) is 10.6. The first-order valence-corrected chi connectivity index (χ1v) is 6.28. The van der Waals surface area contributed by atoms with Crippen LogP contribution in [0.15, 0.2) is 53.1 Å². The van der Waals surface area contributed by atoms with Crippen LogP contribution in [-0.4, -0.2) is 10.8 Å². The standard InChI is InChI=1S/C15H9FN2O4/c16-12-3-1-2-4-13(12)17-15(19)11-8-22-14-6-5-9(18(20)21)7-10(11)14/h1-8H,(H,17,19). The molecule has 0 radical (unpaired) electrons. The maximum absolute atomic E-state index is 13.5. The lowest BCUT2D eigenvalue weighted by Crippen LogP contribution is -2.12. The number of para-hydroxylation sites is 1. The molecule has 1 N–H and O–H groups in total. The van der Waals surface area contributed by atoms with Crippen molar-refractivity contribution >= 4 is 28.3 Å². The third-order valence-corrected chi connectivity index (χ3v) is 3.13. The minimum atomic E-state index is -0.607. The van der Waals surface area contributed by atoms with E-state index in [-0.39, 0.29) is 16.9 Å². The van der Waals surface area contributed by atoms with E-state index < -0.39 is 16.6 Å². The van der Waals surface area contributed by atoms with Crippen molar-refractivity contribution in [3.8, 4) is 0 Å². The average Bonchev–Trinajstić information content (AvgIpc) is 2.92. The van der Waals surface area contributed by atoms with Gasteiger partial charge in [-0.15, -0.1) is 0 Å². The Kier molecular flexibility index (Phi) is 3.30. The summed E-state index contributed by atoms with van der Waals surface area (Å²) in [7, 11) is 0. The molecule has 110 valence electrons. The first kappa shape index (κ1) is 13.7. The Morgan fingerprint density at radius 3 is 2.73 bits per heavy atom. The quantitative estimate of drug-likeness (QED) is 0.590. The monoisotopic (exact) mass is 300 g/mol. The summed E-state index contributed by atoms with van der Waals surface area (Å²) in [5.74, 6) is -1.18. The van der Waals surface area contributed by atoms with Crippen molar-refractivity contribution in [2.45, 2.75) is 0 Å². The van der Waals surface area contributed by atoms with Gasteiger partial charge in [-0.05, 0) is 18.2 Å². The van der Waals surface area contributed by atoms with Crippen LogP contribution in [0.3, 0.4) is 0 Å². The van der Waals surface area contributed by atoms with E-state index in [1.165, 1.54) is 42.7 Å². The fraction of sp³-hybridized carbons (Fsp3) is 0. The number of fused-ring (bicyclic) bond motifs is 1. The van der Waals surface area contributed by atoms with Crippen LogP contribution < -0.4 is 5.32 Å². The third-order valence-electron chi connectivity index (χ3n) is 3.13. The Hall–Kier alpha value is -3.22. The highest BCUT2D eigenvalue weighted by Gasteiger charge is 2.18.